The number of carbonyl (C=O) groups excluding carboxylic acids is 1. The molecule has 2 atom stereocenters. The molecule has 1 saturated heterocycles. The van der Waals surface area contributed by atoms with E-state index < -0.39 is 5.97 Å². The van der Waals surface area contributed by atoms with Crippen molar-refractivity contribution in [3.8, 4) is 0 Å². The maximum atomic E-state index is 11.9. The largest absolute Gasteiger partial charge is 0.465 e. The van der Waals surface area contributed by atoms with Gasteiger partial charge in [0.15, 0.2) is 5.15 Å². The van der Waals surface area contributed by atoms with E-state index in [1.807, 2.05) is 6.92 Å². The first-order chi connectivity index (χ1) is 10.5. The summed E-state index contributed by atoms with van der Waals surface area (Å²) in [5.41, 5.74) is 0.634. The van der Waals surface area contributed by atoms with Crippen molar-refractivity contribution >= 4 is 29.1 Å². The lowest BCUT2D eigenvalue weighted by atomic mass is 10.1. The minimum Gasteiger partial charge on any atom is -0.465 e. The topological polar surface area (TPSA) is 64.0 Å². The van der Waals surface area contributed by atoms with Gasteiger partial charge in [-0.15, -0.1) is 0 Å². The smallest absolute Gasteiger partial charge is 0.340 e. The zero-order valence-electron chi connectivity index (χ0n) is 13.2. The maximum absolute atomic E-state index is 11.9. The zero-order valence-corrected chi connectivity index (χ0v) is 13.9. The van der Waals surface area contributed by atoms with Gasteiger partial charge in [0.25, 0.3) is 0 Å². The van der Waals surface area contributed by atoms with E-state index in [9.17, 15) is 4.79 Å². The van der Waals surface area contributed by atoms with Gasteiger partial charge in [0.1, 0.15) is 11.5 Å². The van der Waals surface area contributed by atoms with Crippen LogP contribution in [0.1, 0.15) is 31.1 Å². The van der Waals surface area contributed by atoms with Crippen LogP contribution in [-0.4, -0.2) is 54.1 Å². The van der Waals surface area contributed by atoms with Crippen molar-refractivity contribution in [3.63, 3.8) is 0 Å². The van der Waals surface area contributed by atoms with E-state index in [1.165, 1.54) is 13.3 Å². The van der Waals surface area contributed by atoms with Crippen molar-refractivity contribution < 1.29 is 14.3 Å². The molecule has 1 aliphatic rings. The summed E-state index contributed by atoms with van der Waals surface area (Å²) in [5.74, 6) is 0.280. The quantitative estimate of drug-likeness (QED) is 0.362. The van der Waals surface area contributed by atoms with Crippen molar-refractivity contribution in [2.45, 2.75) is 32.9 Å². The molecule has 1 aromatic rings. The summed E-state index contributed by atoms with van der Waals surface area (Å²) in [5, 5.41) is 0.177. The molecule has 0 spiro atoms. The Morgan fingerprint density at radius 1 is 1.45 bits per heavy atom. The highest BCUT2D eigenvalue weighted by Gasteiger charge is 2.27. The van der Waals surface area contributed by atoms with Crippen LogP contribution in [0.2, 0.25) is 5.15 Å². The lowest BCUT2D eigenvalue weighted by molar-refractivity contribution is -0.000883. The van der Waals surface area contributed by atoms with Crippen LogP contribution < -0.4 is 0 Å². The molecule has 0 N–H and O–H groups in total. The molecule has 0 amide bonds. The molecule has 0 unspecified atom stereocenters. The third-order valence-corrected chi connectivity index (χ3v) is 3.88. The molecule has 120 valence electrons. The molecule has 0 radical (unpaired) electrons. The van der Waals surface area contributed by atoms with Crippen LogP contribution in [0.15, 0.2) is 17.3 Å². The van der Waals surface area contributed by atoms with E-state index in [1.54, 1.807) is 6.07 Å². The number of hydrogen-bond donors (Lipinski definition) is 0. The molecule has 0 aromatic carbocycles. The number of pyridine rings is 1. The van der Waals surface area contributed by atoms with Gasteiger partial charge in [0.2, 0.25) is 0 Å². The Bertz CT molecular complexity index is 581. The Kier molecular flexibility index (Phi) is 5.37. The van der Waals surface area contributed by atoms with E-state index in [0.29, 0.717) is 24.5 Å². The Labute approximate surface area is 135 Å². The minimum atomic E-state index is -0.487. The summed E-state index contributed by atoms with van der Waals surface area (Å²) in [6, 6.07) is 1.95. The Hall–Kier alpha value is -1.66. The lowest BCUT2D eigenvalue weighted by Gasteiger charge is -2.40. The van der Waals surface area contributed by atoms with E-state index in [2.05, 4.69) is 28.7 Å². The first-order valence-corrected chi connectivity index (χ1v) is 7.47. The van der Waals surface area contributed by atoms with E-state index in [0.717, 1.165) is 5.84 Å². The van der Waals surface area contributed by atoms with Crippen LogP contribution in [0.5, 0.6) is 0 Å². The number of amidine groups is 1. The number of aliphatic imine (C=N–C) groups is 1. The van der Waals surface area contributed by atoms with Crippen molar-refractivity contribution in [1.29, 1.82) is 0 Å². The molecule has 2 heterocycles. The average molecular weight is 326 g/mol. The summed E-state index contributed by atoms with van der Waals surface area (Å²) in [6.07, 6.45) is 1.46. The van der Waals surface area contributed by atoms with Crippen molar-refractivity contribution in [1.82, 2.24) is 9.88 Å². The van der Waals surface area contributed by atoms with E-state index in [-0.39, 0.29) is 17.2 Å². The molecule has 1 aromatic heterocycles. The molecule has 0 saturated carbocycles. The second-order valence-electron chi connectivity index (χ2n) is 5.29. The molecule has 22 heavy (non-hydrogen) atoms. The van der Waals surface area contributed by atoms with Gasteiger partial charge in [-0.2, -0.15) is 0 Å². The Balaban J connectivity index is 2.41. The maximum Gasteiger partial charge on any atom is 0.340 e. The highest BCUT2D eigenvalue weighted by Crippen LogP contribution is 2.28. The van der Waals surface area contributed by atoms with Crippen molar-refractivity contribution in [3.05, 3.63) is 23.0 Å². The molecule has 1 aliphatic heterocycles. The van der Waals surface area contributed by atoms with Gasteiger partial charge in [0, 0.05) is 6.20 Å². The molecule has 2 rings (SSSR count). The van der Waals surface area contributed by atoms with Gasteiger partial charge >= 0.3 is 5.97 Å². The number of esters is 1. The van der Waals surface area contributed by atoms with Crippen LogP contribution in [0.25, 0.3) is 0 Å². The summed E-state index contributed by atoms with van der Waals surface area (Å²) in [6.45, 7) is 7.31. The van der Waals surface area contributed by atoms with Gasteiger partial charge in [-0.3, -0.25) is 0 Å². The van der Waals surface area contributed by atoms with Gasteiger partial charge in [-0.25, -0.2) is 14.8 Å². The summed E-state index contributed by atoms with van der Waals surface area (Å²) < 4.78 is 10.3. The standard InChI is InChI=1S/C15H20ClN3O3/c1-9-7-22-8-10(2)19(9)11(3)18-13-12(15(20)21-4)5-6-17-14(13)16/h5-6,9-10H,7-8H2,1-4H3/t9-,10+. The predicted octanol–water partition coefficient (Wildman–Crippen LogP) is 2.68. The third-order valence-electron chi connectivity index (χ3n) is 3.60. The number of carbonyl (C=O) groups is 1. The molecular formula is C15H20ClN3O3. The summed E-state index contributed by atoms with van der Waals surface area (Å²) >= 11 is 6.12. The number of ether oxygens (including phenoxy) is 2. The number of nitrogens with zero attached hydrogens (tertiary/aromatic N) is 3. The monoisotopic (exact) mass is 325 g/mol. The molecule has 0 aliphatic carbocycles. The number of rotatable bonds is 2. The van der Waals surface area contributed by atoms with Crippen molar-refractivity contribution in [2.75, 3.05) is 20.3 Å². The average Bonchev–Trinajstić information content (AvgIpc) is 2.48. The van der Waals surface area contributed by atoms with Crippen LogP contribution >= 0.6 is 11.6 Å². The van der Waals surface area contributed by atoms with Crippen LogP contribution in [0.4, 0.5) is 5.69 Å². The molecule has 7 heteroatoms. The van der Waals surface area contributed by atoms with Gasteiger partial charge in [0.05, 0.1) is 38.0 Å². The van der Waals surface area contributed by atoms with Crippen molar-refractivity contribution in [2.24, 2.45) is 4.99 Å². The highest BCUT2D eigenvalue weighted by atomic mass is 35.5. The molecule has 0 bridgehead atoms. The van der Waals surface area contributed by atoms with Crippen LogP contribution in [0.3, 0.4) is 0 Å². The SMILES string of the molecule is COC(=O)c1ccnc(Cl)c1N=C(C)N1[C@H](C)COC[C@@H]1C. The second-order valence-corrected chi connectivity index (χ2v) is 5.65. The third kappa shape index (κ3) is 3.39. The number of halogens is 1. The first kappa shape index (κ1) is 16.7. The number of methoxy groups -OCH3 is 1. The first-order valence-electron chi connectivity index (χ1n) is 7.10. The highest BCUT2D eigenvalue weighted by molar-refractivity contribution is 6.32. The van der Waals surface area contributed by atoms with Gasteiger partial charge < -0.3 is 14.4 Å². The molecule has 1 fully saturated rings. The Morgan fingerprint density at radius 2 is 2.09 bits per heavy atom. The van der Waals surface area contributed by atoms with Crippen LogP contribution in [0, 0.1) is 0 Å². The van der Waals surface area contributed by atoms with Gasteiger partial charge in [-0.1, -0.05) is 11.6 Å². The fourth-order valence-electron chi connectivity index (χ4n) is 2.67. The number of morpholine rings is 1. The van der Waals surface area contributed by atoms with Crippen LogP contribution in [-0.2, 0) is 9.47 Å². The normalized spacial score (nSPS) is 22.6. The molecular weight excluding hydrogens is 306 g/mol. The van der Waals surface area contributed by atoms with Gasteiger partial charge in [-0.05, 0) is 26.8 Å². The minimum absolute atomic E-state index is 0.177. The summed E-state index contributed by atoms with van der Waals surface area (Å²) in [4.78, 5) is 22.6. The van der Waals surface area contributed by atoms with E-state index in [4.69, 9.17) is 21.1 Å². The fraction of sp³-hybridized carbons (Fsp3) is 0.533. The number of aromatic nitrogens is 1. The van der Waals surface area contributed by atoms with E-state index >= 15 is 0 Å². The Morgan fingerprint density at radius 3 is 2.68 bits per heavy atom. The second kappa shape index (κ2) is 7.07. The number of hydrogen-bond acceptors (Lipinski definition) is 5. The fourth-order valence-corrected chi connectivity index (χ4v) is 2.87. The predicted molar refractivity (Wildman–Crippen MR) is 84.9 cm³/mol. The summed E-state index contributed by atoms with van der Waals surface area (Å²) in [7, 11) is 1.32. The lowest BCUT2D eigenvalue weighted by Crippen LogP contribution is -2.51. The molecule has 6 nitrogen and oxygen atoms in total. The zero-order chi connectivity index (χ0) is 16.3.